The highest BCUT2D eigenvalue weighted by Gasteiger charge is 2.20. The number of hydrogen-bond donors (Lipinski definition) is 2. The summed E-state index contributed by atoms with van der Waals surface area (Å²) in [4.78, 5) is 22.8. The summed E-state index contributed by atoms with van der Waals surface area (Å²) in [5.74, 6) is -1.45. The van der Waals surface area contributed by atoms with Gasteiger partial charge in [0.05, 0.1) is 0 Å². The average molecular weight is 281 g/mol. The summed E-state index contributed by atoms with van der Waals surface area (Å²) >= 11 is 0. The predicted molar refractivity (Wildman–Crippen MR) is 73.7 cm³/mol. The molecule has 0 spiro atoms. The van der Waals surface area contributed by atoms with E-state index in [9.17, 15) is 14.0 Å². The molecule has 0 radical (unpaired) electrons. The quantitative estimate of drug-likeness (QED) is 0.806. The lowest BCUT2D eigenvalue weighted by Gasteiger charge is -2.16. The molecule has 0 aromatic heterocycles. The molecule has 1 rings (SSSR count). The van der Waals surface area contributed by atoms with Gasteiger partial charge in [0, 0.05) is 6.42 Å². The number of hydrogen-bond acceptors (Lipinski definition) is 2. The molecule has 0 fully saturated rings. The van der Waals surface area contributed by atoms with Crippen LogP contribution in [0.3, 0.4) is 0 Å². The Morgan fingerprint density at radius 1 is 1.25 bits per heavy atom. The standard InChI is InChI=1S/C15H20FNO3/c1-10(2)9-13(15(19)20)17-14(18)8-5-11-3-6-12(16)7-4-11/h3-4,6-7,10,13H,5,8-9H2,1-2H3,(H,17,18)(H,19,20)/t13-/m0/s1. The van der Waals surface area contributed by atoms with Gasteiger partial charge in [-0.3, -0.25) is 4.79 Å². The summed E-state index contributed by atoms with van der Waals surface area (Å²) in [5, 5.41) is 11.5. The minimum absolute atomic E-state index is 0.188. The van der Waals surface area contributed by atoms with Crippen LogP contribution in [-0.2, 0) is 16.0 Å². The van der Waals surface area contributed by atoms with Crippen LogP contribution >= 0.6 is 0 Å². The Labute approximate surface area is 118 Å². The van der Waals surface area contributed by atoms with Gasteiger partial charge in [0.15, 0.2) is 0 Å². The third kappa shape index (κ3) is 5.82. The Morgan fingerprint density at radius 2 is 1.85 bits per heavy atom. The number of carboxylic acids is 1. The smallest absolute Gasteiger partial charge is 0.326 e. The molecule has 0 aliphatic carbocycles. The molecule has 0 bridgehead atoms. The molecule has 0 unspecified atom stereocenters. The van der Waals surface area contributed by atoms with E-state index in [1.165, 1.54) is 12.1 Å². The molecule has 0 saturated carbocycles. The number of aliphatic carboxylic acids is 1. The molecule has 0 heterocycles. The Bertz CT molecular complexity index is 457. The van der Waals surface area contributed by atoms with Gasteiger partial charge in [-0.1, -0.05) is 26.0 Å². The highest BCUT2D eigenvalue weighted by Crippen LogP contribution is 2.07. The fourth-order valence-electron chi connectivity index (χ4n) is 1.87. The van der Waals surface area contributed by atoms with Gasteiger partial charge in [-0.2, -0.15) is 0 Å². The van der Waals surface area contributed by atoms with Crippen molar-refractivity contribution in [1.29, 1.82) is 0 Å². The van der Waals surface area contributed by atoms with Crippen LogP contribution in [0.25, 0.3) is 0 Å². The summed E-state index contributed by atoms with van der Waals surface area (Å²) in [5.41, 5.74) is 0.845. The van der Waals surface area contributed by atoms with Crippen LogP contribution in [-0.4, -0.2) is 23.0 Å². The molecule has 2 N–H and O–H groups in total. The van der Waals surface area contributed by atoms with E-state index in [1.807, 2.05) is 13.8 Å². The number of halogens is 1. The summed E-state index contributed by atoms with van der Waals surface area (Å²) in [6.45, 7) is 3.81. The molecule has 20 heavy (non-hydrogen) atoms. The molecule has 110 valence electrons. The maximum atomic E-state index is 12.7. The van der Waals surface area contributed by atoms with Crippen molar-refractivity contribution in [2.24, 2.45) is 5.92 Å². The fourth-order valence-corrected chi connectivity index (χ4v) is 1.87. The lowest BCUT2D eigenvalue weighted by atomic mass is 10.0. The van der Waals surface area contributed by atoms with Crippen molar-refractivity contribution in [3.8, 4) is 0 Å². The van der Waals surface area contributed by atoms with Gasteiger partial charge in [-0.25, -0.2) is 9.18 Å². The van der Waals surface area contributed by atoms with Crippen LogP contribution in [0.15, 0.2) is 24.3 Å². The van der Waals surface area contributed by atoms with Gasteiger partial charge in [0.1, 0.15) is 11.9 Å². The number of amides is 1. The third-order valence-electron chi connectivity index (χ3n) is 2.89. The monoisotopic (exact) mass is 281 g/mol. The zero-order valence-electron chi connectivity index (χ0n) is 11.7. The molecule has 4 nitrogen and oxygen atoms in total. The lowest BCUT2D eigenvalue weighted by molar-refractivity contribution is -0.142. The second-order valence-corrected chi connectivity index (χ2v) is 5.21. The lowest BCUT2D eigenvalue weighted by Crippen LogP contribution is -2.41. The van der Waals surface area contributed by atoms with Crippen molar-refractivity contribution in [3.05, 3.63) is 35.6 Å². The molecule has 0 aliphatic rings. The van der Waals surface area contributed by atoms with Gasteiger partial charge >= 0.3 is 5.97 Å². The van der Waals surface area contributed by atoms with Gasteiger partial charge in [-0.15, -0.1) is 0 Å². The van der Waals surface area contributed by atoms with Crippen molar-refractivity contribution in [3.63, 3.8) is 0 Å². The number of carboxylic acid groups (broad SMARTS) is 1. The number of benzene rings is 1. The van der Waals surface area contributed by atoms with Crippen molar-refractivity contribution in [2.75, 3.05) is 0 Å². The second kappa shape index (κ2) is 7.62. The van der Waals surface area contributed by atoms with Crippen LogP contribution in [0.1, 0.15) is 32.3 Å². The van der Waals surface area contributed by atoms with Crippen LogP contribution < -0.4 is 5.32 Å². The molecule has 1 aromatic carbocycles. The number of carbonyl (C=O) groups excluding carboxylic acids is 1. The molecular formula is C15H20FNO3. The molecular weight excluding hydrogens is 261 g/mol. The first-order valence-electron chi connectivity index (χ1n) is 6.65. The van der Waals surface area contributed by atoms with Gasteiger partial charge in [0.2, 0.25) is 5.91 Å². The maximum absolute atomic E-state index is 12.7. The minimum atomic E-state index is -1.02. The van der Waals surface area contributed by atoms with Crippen LogP contribution in [0.5, 0.6) is 0 Å². The number of carbonyl (C=O) groups is 2. The van der Waals surface area contributed by atoms with E-state index in [0.29, 0.717) is 12.8 Å². The van der Waals surface area contributed by atoms with Crippen molar-refractivity contribution >= 4 is 11.9 Å². The predicted octanol–water partition coefficient (Wildman–Crippen LogP) is 2.37. The van der Waals surface area contributed by atoms with E-state index in [2.05, 4.69) is 5.32 Å². The molecule has 5 heteroatoms. The van der Waals surface area contributed by atoms with Crippen molar-refractivity contribution in [2.45, 2.75) is 39.2 Å². The Balaban J connectivity index is 2.45. The third-order valence-corrected chi connectivity index (χ3v) is 2.89. The summed E-state index contributed by atoms with van der Waals surface area (Å²) in [6.07, 6.45) is 1.05. The number of aryl methyl sites for hydroxylation is 1. The molecule has 0 saturated heterocycles. The highest BCUT2D eigenvalue weighted by molar-refractivity contribution is 5.83. The largest absolute Gasteiger partial charge is 0.480 e. The maximum Gasteiger partial charge on any atom is 0.326 e. The zero-order chi connectivity index (χ0) is 15.1. The first-order chi connectivity index (χ1) is 9.38. The van der Waals surface area contributed by atoms with Crippen LogP contribution in [0.4, 0.5) is 4.39 Å². The Hall–Kier alpha value is -1.91. The first-order valence-corrected chi connectivity index (χ1v) is 6.65. The Morgan fingerprint density at radius 3 is 2.35 bits per heavy atom. The van der Waals surface area contributed by atoms with E-state index in [-0.39, 0.29) is 24.1 Å². The van der Waals surface area contributed by atoms with Gasteiger partial charge < -0.3 is 10.4 Å². The fraction of sp³-hybridized carbons (Fsp3) is 0.467. The van der Waals surface area contributed by atoms with E-state index in [0.717, 1.165) is 5.56 Å². The van der Waals surface area contributed by atoms with Crippen LogP contribution in [0.2, 0.25) is 0 Å². The van der Waals surface area contributed by atoms with Crippen molar-refractivity contribution < 1.29 is 19.1 Å². The zero-order valence-corrected chi connectivity index (χ0v) is 11.7. The average Bonchev–Trinajstić information content (AvgIpc) is 2.36. The van der Waals surface area contributed by atoms with E-state index in [4.69, 9.17) is 5.11 Å². The number of nitrogens with one attached hydrogen (secondary N) is 1. The molecule has 1 aromatic rings. The second-order valence-electron chi connectivity index (χ2n) is 5.21. The Kier molecular flexibility index (Phi) is 6.15. The molecule has 1 atom stereocenters. The van der Waals surface area contributed by atoms with Crippen LogP contribution in [0, 0.1) is 11.7 Å². The van der Waals surface area contributed by atoms with Crippen molar-refractivity contribution in [1.82, 2.24) is 5.32 Å². The number of rotatable bonds is 7. The minimum Gasteiger partial charge on any atom is -0.480 e. The SMILES string of the molecule is CC(C)C[C@H](NC(=O)CCc1ccc(F)cc1)C(=O)O. The topological polar surface area (TPSA) is 66.4 Å². The highest BCUT2D eigenvalue weighted by atomic mass is 19.1. The van der Waals surface area contributed by atoms with E-state index < -0.39 is 12.0 Å². The normalized spacial score (nSPS) is 12.2. The van der Waals surface area contributed by atoms with Gasteiger partial charge in [0.25, 0.3) is 0 Å². The first kappa shape index (κ1) is 16.1. The summed E-state index contributed by atoms with van der Waals surface area (Å²) in [7, 11) is 0. The van der Waals surface area contributed by atoms with Gasteiger partial charge in [-0.05, 0) is 36.5 Å². The van der Waals surface area contributed by atoms with E-state index in [1.54, 1.807) is 12.1 Å². The summed E-state index contributed by atoms with van der Waals surface area (Å²) < 4.78 is 12.7. The molecule has 0 aliphatic heterocycles. The summed E-state index contributed by atoms with van der Waals surface area (Å²) in [6, 6.07) is 5.06. The molecule has 1 amide bonds. The van der Waals surface area contributed by atoms with E-state index >= 15 is 0 Å².